The normalized spacial score (nSPS) is 11.1. The molecule has 0 amide bonds. The van der Waals surface area contributed by atoms with Crippen molar-refractivity contribution in [3.63, 3.8) is 0 Å². The smallest absolute Gasteiger partial charge is 0.213 e. The molecule has 0 radical (unpaired) electrons. The van der Waals surface area contributed by atoms with E-state index in [0.29, 0.717) is 18.2 Å². The fourth-order valence-electron chi connectivity index (χ4n) is 1.97. The average molecular weight is 279 g/mol. The molecule has 0 aliphatic carbocycles. The third kappa shape index (κ3) is 2.15. The van der Waals surface area contributed by atoms with Gasteiger partial charge in [-0.25, -0.2) is 4.98 Å². The van der Waals surface area contributed by atoms with Crippen LogP contribution in [0.5, 0.6) is 5.75 Å². The molecule has 0 aliphatic rings. The lowest BCUT2D eigenvalue weighted by Crippen LogP contribution is -2.05. The fourth-order valence-corrected chi connectivity index (χ4v) is 2.17. The molecule has 0 saturated carbocycles. The number of fused-ring (bicyclic) bond motifs is 1. The number of methoxy groups -OCH3 is 1. The summed E-state index contributed by atoms with van der Waals surface area (Å²) >= 11 is 5.94. The van der Waals surface area contributed by atoms with Crippen molar-refractivity contribution in [3.05, 3.63) is 36.2 Å². The second kappa shape index (κ2) is 4.89. The Morgan fingerprint density at radius 2 is 2.32 bits per heavy atom. The maximum Gasteiger partial charge on any atom is 0.213 e. The van der Waals surface area contributed by atoms with Gasteiger partial charge in [0.1, 0.15) is 11.6 Å². The maximum absolute atomic E-state index is 5.94. The second-order valence-electron chi connectivity index (χ2n) is 3.95. The Hall–Kier alpha value is -2.08. The zero-order chi connectivity index (χ0) is 13.2. The molecule has 2 heterocycles. The van der Waals surface area contributed by atoms with E-state index >= 15 is 0 Å². The fraction of sp³-hybridized carbons (Fsp3) is 0.250. The number of nitrogens with zero attached hydrogens (tertiary/aromatic N) is 4. The first-order valence-electron chi connectivity index (χ1n) is 5.66. The summed E-state index contributed by atoms with van der Waals surface area (Å²) < 4.78 is 11.9. The van der Waals surface area contributed by atoms with Crippen molar-refractivity contribution in [2.24, 2.45) is 0 Å². The summed E-state index contributed by atoms with van der Waals surface area (Å²) in [5, 5.41) is 3.80. The van der Waals surface area contributed by atoms with Gasteiger partial charge in [0.2, 0.25) is 6.39 Å². The highest BCUT2D eigenvalue weighted by molar-refractivity contribution is 6.16. The molecular formula is C12H11ClN4O2. The molecule has 98 valence electrons. The summed E-state index contributed by atoms with van der Waals surface area (Å²) in [6.45, 7) is 0.474. The van der Waals surface area contributed by atoms with Gasteiger partial charge < -0.3 is 13.8 Å². The van der Waals surface area contributed by atoms with Gasteiger partial charge in [-0.1, -0.05) is 5.16 Å². The summed E-state index contributed by atoms with van der Waals surface area (Å²) in [5.41, 5.74) is 1.79. The monoisotopic (exact) mass is 278 g/mol. The number of alkyl halides is 1. The van der Waals surface area contributed by atoms with Crippen LogP contribution in [-0.2, 0) is 12.4 Å². The van der Waals surface area contributed by atoms with Crippen molar-refractivity contribution in [1.29, 1.82) is 0 Å². The highest BCUT2D eigenvalue weighted by atomic mass is 35.5. The lowest BCUT2D eigenvalue weighted by Gasteiger charge is -2.04. The van der Waals surface area contributed by atoms with Crippen LogP contribution in [-0.4, -0.2) is 26.8 Å². The molecule has 2 aromatic heterocycles. The first kappa shape index (κ1) is 12.0. The number of hydrogen-bond donors (Lipinski definition) is 0. The molecular weight excluding hydrogens is 268 g/mol. The van der Waals surface area contributed by atoms with Crippen molar-refractivity contribution >= 4 is 22.6 Å². The maximum atomic E-state index is 5.94. The molecule has 1 aromatic carbocycles. The minimum absolute atomic E-state index is 0.314. The van der Waals surface area contributed by atoms with Crippen LogP contribution in [0.1, 0.15) is 11.6 Å². The summed E-state index contributed by atoms with van der Waals surface area (Å²) in [7, 11) is 1.62. The molecule has 6 nitrogen and oxygen atoms in total. The minimum atomic E-state index is 0.314. The predicted molar refractivity (Wildman–Crippen MR) is 69.2 cm³/mol. The molecule has 3 aromatic rings. The number of imidazole rings is 1. The van der Waals surface area contributed by atoms with Gasteiger partial charge in [0.15, 0.2) is 5.82 Å². The van der Waals surface area contributed by atoms with Gasteiger partial charge in [-0.2, -0.15) is 4.98 Å². The Morgan fingerprint density at radius 3 is 3.00 bits per heavy atom. The van der Waals surface area contributed by atoms with E-state index in [4.69, 9.17) is 20.9 Å². The summed E-state index contributed by atoms with van der Waals surface area (Å²) in [6.07, 6.45) is 1.30. The Labute approximate surface area is 114 Å². The van der Waals surface area contributed by atoms with Gasteiger partial charge >= 0.3 is 0 Å². The van der Waals surface area contributed by atoms with E-state index in [2.05, 4.69) is 15.1 Å². The Balaban J connectivity index is 2.10. The topological polar surface area (TPSA) is 66.0 Å². The lowest BCUT2D eigenvalue weighted by atomic mass is 10.3. The largest absolute Gasteiger partial charge is 0.497 e. The van der Waals surface area contributed by atoms with Gasteiger partial charge in [-0.3, -0.25) is 0 Å². The van der Waals surface area contributed by atoms with Crippen LogP contribution in [0.4, 0.5) is 0 Å². The number of benzene rings is 1. The summed E-state index contributed by atoms with van der Waals surface area (Å²) in [5.74, 6) is 2.42. The van der Waals surface area contributed by atoms with Crippen molar-refractivity contribution in [3.8, 4) is 5.75 Å². The highest BCUT2D eigenvalue weighted by Crippen LogP contribution is 2.23. The van der Waals surface area contributed by atoms with Crippen LogP contribution in [0, 0.1) is 0 Å². The van der Waals surface area contributed by atoms with Gasteiger partial charge in [-0.15, -0.1) is 11.6 Å². The van der Waals surface area contributed by atoms with Crippen LogP contribution in [0.25, 0.3) is 11.0 Å². The second-order valence-corrected chi connectivity index (χ2v) is 4.22. The predicted octanol–water partition coefficient (Wildman–Crippen LogP) is 2.21. The van der Waals surface area contributed by atoms with Gasteiger partial charge in [0.05, 0.1) is 30.6 Å². The quantitative estimate of drug-likeness (QED) is 0.685. The van der Waals surface area contributed by atoms with Crippen LogP contribution >= 0.6 is 11.6 Å². The number of ether oxygens (including phenoxy) is 1. The molecule has 0 fully saturated rings. The molecule has 0 spiro atoms. The van der Waals surface area contributed by atoms with Crippen molar-refractivity contribution in [2.75, 3.05) is 7.11 Å². The molecule has 0 aliphatic heterocycles. The average Bonchev–Trinajstić information content (AvgIpc) is 3.06. The first-order chi connectivity index (χ1) is 9.31. The van der Waals surface area contributed by atoms with Gasteiger partial charge in [-0.05, 0) is 12.1 Å². The van der Waals surface area contributed by atoms with E-state index in [0.717, 1.165) is 22.6 Å². The van der Waals surface area contributed by atoms with Crippen LogP contribution in [0.2, 0.25) is 0 Å². The molecule has 0 bridgehead atoms. The van der Waals surface area contributed by atoms with E-state index in [1.807, 2.05) is 22.8 Å². The summed E-state index contributed by atoms with van der Waals surface area (Å²) in [6, 6.07) is 5.70. The molecule has 19 heavy (non-hydrogen) atoms. The number of hydrogen-bond acceptors (Lipinski definition) is 5. The Morgan fingerprint density at radius 1 is 1.42 bits per heavy atom. The highest BCUT2D eigenvalue weighted by Gasteiger charge is 2.12. The Bertz CT molecular complexity index is 693. The third-order valence-corrected chi connectivity index (χ3v) is 3.10. The molecule has 7 heteroatoms. The lowest BCUT2D eigenvalue weighted by molar-refractivity contribution is 0.408. The van der Waals surface area contributed by atoms with E-state index in [-0.39, 0.29) is 0 Å². The molecule has 0 unspecified atom stereocenters. The zero-order valence-corrected chi connectivity index (χ0v) is 11.0. The first-order valence-corrected chi connectivity index (χ1v) is 6.19. The van der Waals surface area contributed by atoms with E-state index in [1.54, 1.807) is 7.11 Å². The van der Waals surface area contributed by atoms with Crippen LogP contribution in [0.15, 0.2) is 29.1 Å². The standard InChI is InChI=1S/C12H11ClN4O2/c1-18-8-2-3-10-9(4-8)15-12(5-13)17(10)6-11-14-7-19-16-11/h2-4,7H,5-6H2,1H3. The van der Waals surface area contributed by atoms with E-state index < -0.39 is 0 Å². The van der Waals surface area contributed by atoms with Crippen molar-refractivity contribution < 1.29 is 9.26 Å². The van der Waals surface area contributed by atoms with Crippen LogP contribution < -0.4 is 4.74 Å². The number of aromatic nitrogens is 4. The molecule has 0 atom stereocenters. The Kier molecular flexibility index (Phi) is 3.08. The number of halogens is 1. The van der Waals surface area contributed by atoms with Crippen LogP contribution in [0.3, 0.4) is 0 Å². The number of rotatable bonds is 4. The third-order valence-electron chi connectivity index (χ3n) is 2.86. The molecule has 0 N–H and O–H groups in total. The SMILES string of the molecule is COc1ccc2c(c1)nc(CCl)n2Cc1ncon1. The zero-order valence-electron chi connectivity index (χ0n) is 10.2. The van der Waals surface area contributed by atoms with Crippen molar-refractivity contribution in [2.45, 2.75) is 12.4 Å². The molecule has 3 rings (SSSR count). The summed E-state index contributed by atoms with van der Waals surface area (Å²) in [4.78, 5) is 8.50. The van der Waals surface area contributed by atoms with E-state index in [9.17, 15) is 0 Å². The van der Waals surface area contributed by atoms with Gasteiger partial charge in [0, 0.05) is 6.07 Å². The minimum Gasteiger partial charge on any atom is -0.497 e. The van der Waals surface area contributed by atoms with Gasteiger partial charge in [0.25, 0.3) is 0 Å². The van der Waals surface area contributed by atoms with E-state index in [1.165, 1.54) is 6.39 Å². The van der Waals surface area contributed by atoms with Crippen molar-refractivity contribution in [1.82, 2.24) is 19.7 Å². The molecule has 0 saturated heterocycles.